The number of ketones is 1. The quantitative estimate of drug-likeness (QED) is 0.0265. The molecule has 2 unspecified atom stereocenters. The lowest BCUT2D eigenvalue weighted by molar-refractivity contribution is -0.184. The van der Waals surface area contributed by atoms with Gasteiger partial charge in [-0.15, -0.1) is 0 Å². The zero-order valence-electron chi connectivity index (χ0n) is 41.8. The van der Waals surface area contributed by atoms with Crippen molar-refractivity contribution in [1.29, 1.82) is 0 Å². The Morgan fingerprint density at radius 3 is 2.06 bits per heavy atom. The SMILES string of the molecule is CCCCCCCCCCCCCCCC(=O)O[C@@H]1COC(=O)CCCCCC[C@H]2C(=O)C[C@@H](O)[C@H](/C=C/[C@@H](O)CCCCC)[C@H](O)[C@H](O)[C@@H](COP(=O)(O)OP(=O)(O)OC1)O[C@H]2n1ccc(N)nc1=O. The number of rotatable bonds is 22. The van der Waals surface area contributed by atoms with Crippen LogP contribution in [-0.2, 0) is 51.1 Å². The van der Waals surface area contributed by atoms with E-state index < -0.39 is 120 Å². The molecular formula is C48H83N3O18P2. The number of aliphatic hydroxyl groups is 4. The third-order valence-corrected chi connectivity index (χ3v) is 15.3. The molecule has 23 heteroatoms. The Morgan fingerprint density at radius 1 is 0.831 bits per heavy atom. The second-order valence-electron chi connectivity index (χ2n) is 18.8. The van der Waals surface area contributed by atoms with Gasteiger partial charge in [-0.25, -0.2) is 13.9 Å². The van der Waals surface area contributed by atoms with Gasteiger partial charge in [-0.3, -0.25) is 28.0 Å². The minimum Gasteiger partial charge on any atom is -0.462 e. The lowest BCUT2D eigenvalue weighted by Gasteiger charge is -2.38. The molecule has 2 fully saturated rings. The van der Waals surface area contributed by atoms with E-state index in [0.717, 1.165) is 43.1 Å². The van der Waals surface area contributed by atoms with Crippen LogP contribution in [0.4, 0.5) is 5.82 Å². The molecule has 11 atom stereocenters. The lowest BCUT2D eigenvalue weighted by Crippen LogP contribution is -2.51. The van der Waals surface area contributed by atoms with Gasteiger partial charge in [0.25, 0.3) is 0 Å². The smallest absolute Gasteiger partial charge is 0.462 e. The normalized spacial score (nSPS) is 29.8. The summed E-state index contributed by atoms with van der Waals surface area (Å²) in [6.45, 7) is 1.48. The van der Waals surface area contributed by atoms with Gasteiger partial charge in [0.05, 0.1) is 37.4 Å². The Kier molecular flexibility index (Phi) is 29.7. The summed E-state index contributed by atoms with van der Waals surface area (Å²) in [5, 5.41) is 45.5. The summed E-state index contributed by atoms with van der Waals surface area (Å²) in [4.78, 5) is 78.4. The first-order valence-electron chi connectivity index (χ1n) is 25.8. The largest absolute Gasteiger partial charge is 0.481 e. The predicted molar refractivity (Wildman–Crippen MR) is 262 cm³/mol. The zero-order chi connectivity index (χ0) is 52.2. The highest BCUT2D eigenvalue weighted by Gasteiger charge is 2.45. The third kappa shape index (κ3) is 24.8. The van der Waals surface area contributed by atoms with Crippen LogP contribution in [-0.4, -0.2) is 114 Å². The maximum Gasteiger partial charge on any atom is 0.481 e. The van der Waals surface area contributed by atoms with E-state index in [4.69, 9.17) is 29.0 Å². The van der Waals surface area contributed by atoms with E-state index in [2.05, 4.69) is 16.2 Å². The van der Waals surface area contributed by atoms with Crippen LogP contribution >= 0.6 is 15.6 Å². The van der Waals surface area contributed by atoms with Crippen molar-refractivity contribution in [3.8, 4) is 0 Å². The first-order chi connectivity index (χ1) is 33.9. The molecule has 0 saturated carbocycles. The summed E-state index contributed by atoms with van der Waals surface area (Å²) < 4.78 is 59.0. The summed E-state index contributed by atoms with van der Waals surface area (Å²) >= 11 is 0. The summed E-state index contributed by atoms with van der Waals surface area (Å²) in [6, 6.07) is 1.23. The number of carbonyl (C=O) groups is 3. The molecule has 2 saturated heterocycles. The molecule has 2 aliphatic heterocycles. The fourth-order valence-corrected chi connectivity index (χ4v) is 10.7. The number of esters is 2. The molecule has 408 valence electrons. The van der Waals surface area contributed by atoms with Crippen LogP contribution < -0.4 is 11.4 Å². The molecule has 8 N–H and O–H groups in total. The number of nitrogen functional groups attached to an aromatic ring is 1. The molecule has 21 nitrogen and oxygen atoms in total. The van der Waals surface area contributed by atoms with Crippen LogP contribution in [0.2, 0.25) is 0 Å². The molecule has 0 amide bonds. The van der Waals surface area contributed by atoms with E-state index in [1.165, 1.54) is 75.8 Å². The number of aliphatic hydroxyl groups excluding tert-OH is 4. The van der Waals surface area contributed by atoms with Crippen molar-refractivity contribution in [1.82, 2.24) is 9.55 Å². The molecular weight excluding hydrogens is 968 g/mol. The first-order valence-corrected chi connectivity index (χ1v) is 28.8. The van der Waals surface area contributed by atoms with E-state index in [1.807, 2.05) is 6.92 Å². The molecule has 1 aromatic rings. The molecule has 2 bridgehead atoms. The van der Waals surface area contributed by atoms with E-state index in [1.54, 1.807) is 0 Å². The number of hydrogen-bond donors (Lipinski definition) is 7. The van der Waals surface area contributed by atoms with Crippen molar-refractivity contribution in [2.75, 3.05) is 25.6 Å². The average molecular weight is 1050 g/mol. The standard InChI is InChI=1S/C48H83N3O18P2/c1-3-5-7-8-9-10-11-12-13-14-15-16-22-26-44(56)67-36-32-64-43(55)25-21-18-17-20-24-38-40(54)31-39(53)37(28-27-35(52)23-19-6-4-2)45(57)46(58)41(34-66-71(62,63)69-70(60,61)65-33-36)68-47(38)51-30-29-42(49)50-48(51)59/h27-30,35-39,41,45-47,52-53,57-58H,3-26,31-34H2,1-2H3,(H,60,61)(H,62,63)(H2,49,50,59)/b28-27+/t35-,36+,37-,38-,39+,41+,45-,46+,47+/m0/s1. The second-order valence-corrected chi connectivity index (χ2v) is 21.9. The van der Waals surface area contributed by atoms with Crippen molar-refractivity contribution in [3.63, 3.8) is 0 Å². The first kappa shape index (κ1) is 62.4. The maximum atomic E-state index is 14.3. The average Bonchev–Trinajstić information content (AvgIpc) is 3.30. The number of hydrogen-bond acceptors (Lipinski definition) is 18. The van der Waals surface area contributed by atoms with Gasteiger partial charge in [-0.2, -0.15) is 9.29 Å². The van der Waals surface area contributed by atoms with Gasteiger partial charge in [0.2, 0.25) is 0 Å². The second kappa shape index (κ2) is 33.8. The Hall–Kier alpha value is -2.91. The molecule has 0 radical (unpaired) electrons. The highest BCUT2D eigenvalue weighted by atomic mass is 31.3. The zero-order valence-corrected chi connectivity index (χ0v) is 43.5. The fraction of sp³-hybridized carbons (Fsp3) is 0.812. The molecule has 2 aliphatic rings. The van der Waals surface area contributed by atoms with Crippen molar-refractivity contribution in [3.05, 3.63) is 34.9 Å². The number of phosphoric ester groups is 2. The maximum absolute atomic E-state index is 14.3. The number of anilines is 1. The molecule has 71 heavy (non-hydrogen) atoms. The molecule has 1 aromatic heterocycles. The number of aromatic nitrogens is 2. The molecule has 3 rings (SSSR count). The Labute approximate surface area is 418 Å². The van der Waals surface area contributed by atoms with Gasteiger partial charge in [0.15, 0.2) is 6.10 Å². The van der Waals surface area contributed by atoms with Crippen LogP contribution in [0, 0.1) is 11.8 Å². The topological polar surface area (TPSA) is 323 Å². The van der Waals surface area contributed by atoms with E-state index in [9.17, 15) is 58.5 Å². The van der Waals surface area contributed by atoms with Crippen LogP contribution in [0.5, 0.6) is 0 Å². The highest BCUT2D eigenvalue weighted by Crippen LogP contribution is 2.60. The highest BCUT2D eigenvalue weighted by molar-refractivity contribution is 7.61. The minimum absolute atomic E-state index is 0.000644. The minimum atomic E-state index is -5.71. The number of phosphoric acid groups is 2. The summed E-state index contributed by atoms with van der Waals surface area (Å²) in [5.41, 5.74) is 4.75. The number of nitrogens with two attached hydrogens (primary N) is 1. The van der Waals surface area contributed by atoms with Crippen molar-refractivity contribution in [2.24, 2.45) is 11.8 Å². The number of ether oxygens (including phenoxy) is 3. The molecule has 0 aromatic carbocycles. The van der Waals surface area contributed by atoms with Crippen LogP contribution in [0.15, 0.2) is 29.2 Å². The van der Waals surface area contributed by atoms with E-state index >= 15 is 0 Å². The van der Waals surface area contributed by atoms with Crippen LogP contribution in [0.25, 0.3) is 0 Å². The predicted octanol–water partition coefficient (Wildman–Crippen LogP) is 7.04. The Morgan fingerprint density at radius 2 is 1.42 bits per heavy atom. The number of nitrogens with zero attached hydrogens (tertiary/aromatic N) is 2. The van der Waals surface area contributed by atoms with Crippen LogP contribution in [0.3, 0.4) is 0 Å². The number of unbranched alkanes of at least 4 members (excludes halogenated alkanes) is 14. The van der Waals surface area contributed by atoms with Crippen LogP contribution in [0.1, 0.15) is 181 Å². The third-order valence-electron chi connectivity index (χ3n) is 12.7. The Bertz CT molecular complexity index is 1910. The molecule has 0 aliphatic carbocycles. The lowest BCUT2D eigenvalue weighted by atomic mass is 9.83. The van der Waals surface area contributed by atoms with Gasteiger partial charge < -0.3 is 50.2 Å². The molecule has 3 heterocycles. The van der Waals surface area contributed by atoms with Crippen molar-refractivity contribution < 1.29 is 81.3 Å². The number of Topliss-reactive ketones (excluding diaryl/α,β-unsaturated/α-hetero) is 1. The van der Waals surface area contributed by atoms with E-state index in [0.29, 0.717) is 44.9 Å². The van der Waals surface area contributed by atoms with Crippen molar-refractivity contribution in [2.45, 2.75) is 217 Å². The fourth-order valence-electron chi connectivity index (χ4n) is 8.62. The number of cyclic esters (lactones) is 1. The van der Waals surface area contributed by atoms with Gasteiger partial charge in [0, 0.05) is 31.4 Å². The molecule has 0 spiro atoms. The number of carbonyl (C=O) groups excluding carboxylic acids is 3. The van der Waals surface area contributed by atoms with Gasteiger partial charge >= 0.3 is 33.3 Å². The Balaban J connectivity index is 1.83. The van der Waals surface area contributed by atoms with Crippen molar-refractivity contribution >= 4 is 39.2 Å². The van der Waals surface area contributed by atoms with Gasteiger partial charge in [-0.05, 0) is 31.7 Å². The summed E-state index contributed by atoms with van der Waals surface area (Å²) in [5.74, 6) is -4.93. The van der Waals surface area contributed by atoms with Gasteiger partial charge in [0.1, 0.15) is 36.6 Å². The van der Waals surface area contributed by atoms with Gasteiger partial charge in [-0.1, -0.05) is 142 Å². The summed E-state index contributed by atoms with van der Waals surface area (Å²) in [7, 11) is -11.3. The monoisotopic (exact) mass is 1050 g/mol. The number of fused-ring (bicyclic) bond motifs is 3. The van der Waals surface area contributed by atoms with E-state index in [-0.39, 0.29) is 25.1 Å². The summed E-state index contributed by atoms with van der Waals surface area (Å²) in [6.07, 6.45) is 9.76.